The molecular weight excluding hydrogens is 260 g/mol. The van der Waals surface area contributed by atoms with Gasteiger partial charge in [-0.2, -0.15) is 0 Å². The van der Waals surface area contributed by atoms with Crippen LogP contribution in [0, 0.1) is 6.92 Å². The van der Waals surface area contributed by atoms with Crippen molar-refractivity contribution in [2.45, 2.75) is 6.92 Å². The molecule has 19 heavy (non-hydrogen) atoms. The molecule has 1 aliphatic rings. The van der Waals surface area contributed by atoms with Crippen LogP contribution in [0.3, 0.4) is 0 Å². The first-order valence-electron chi connectivity index (χ1n) is 5.93. The number of fused-ring (bicyclic) bond motifs is 3. The summed E-state index contributed by atoms with van der Waals surface area (Å²) in [6, 6.07) is 11.6. The van der Waals surface area contributed by atoms with Crippen molar-refractivity contribution in [1.82, 2.24) is 0 Å². The van der Waals surface area contributed by atoms with Gasteiger partial charge in [-0.15, -0.1) is 0 Å². The molecule has 2 aromatic carbocycles. The Balaban J connectivity index is 2.39. The van der Waals surface area contributed by atoms with Gasteiger partial charge in [-0.1, -0.05) is 47.5 Å². The number of aryl methyl sites for hydroxylation is 1. The highest BCUT2D eigenvalue weighted by molar-refractivity contribution is 6.34. The van der Waals surface area contributed by atoms with E-state index in [2.05, 4.69) is 0 Å². The summed E-state index contributed by atoms with van der Waals surface area (Å²) < 4.78 is 0. The minimum absolute atomic E-state index is 0.649. The quantitative estimate of drug-likeness (QED) is 0.675. The molecule has 0 radical (unpaired) electrons. The molecule has 1 N–H and O–H groups in total. The number of carboxylic acids is 1. The Kier molecular flexibility index (Phi) is 2.68. The lowest BCUT2D eigenvalue weighted by Crippen LogP contribution is -1.91. The molecule has 2 aromatic rings. The first kappa shape index (κ1) is 12.0. The van der Waals surface area contributed by atoms with Gasteiger partial charge in [0.25, 0.3) is 0 Å². The fourth-order valence-corrected chi connectivity index (χ4v) is 2.82. The number of aliphatic carboxylic acids is 1. The van der Waals surface area contributed by atoms with Crippen molar-refractivity contribution in [2.24, 2.45) is 0 Å². The largest absolute Gasteiger partial charge is 0.478 e. The van der Waals surface area contributed by atoms with Crippen LogP contribution in [0.2, 0.25) is 5.02 Å². The molecule has 0 aromatic heterocycles. The summed E-state index contributed by atoms with van der Waals surface area (Å²) in [6.45, 7) is 1.99. The van der Waals surface area contributed by atoms with Gasteiger partial charge in [-0.25, -0.2) is 4.79 Å². The second-order valence-electron chi connectivity index (χ2n) is 4.61. The van der Waals surface area contributed by atoms with Gasteiger partial charge in [0, 0.05) is 16.7 Å². The maximum Gasteiger partial charge on any atom is 0.328 e. The van der Waals surface area contributed by atoms with Crippen molar-refractivity contribution in [2.75, 3.05) is 0 Å². The topological polar surface area (TPSA) is 37.3 Å². The first-order valence-corrected chi connectivity index (χ1v) is 6.30. The number of benzene rings is 2. The summed E-state index contributed by atoms with van der Waals surface area (Å²) in [5.41, 5.74) is 5.56. The summed E-state index contributed by atoms with van der Waals surface area (Å²) >= 11 is 6.26. The smallest absolute Gasteiger partial charge is 0.328 e. The molecule has 3 heteroatoms. The minimum Gasteiger partial charge on any atom is -0.478 e. The van der Waals surface area contributed by atoms with Gasteiger partial charge < -0.3 is 5.11 Å². The van der Waals surface area contributed by atoms with Crippen LogP contribution in [-0.2, 0) is 4.79 Å². The van der Waals surface area contributed by atoms with Gasteiger partial charge in [0.05, 0.1) is 0 Å². The standard InChI is InChI=1S/C16H11ClO2/c1-9-5-6-11-12(7-9)13(8-15(18)19)10-3-2-4-14(17)16(10)11/h2-8H,1H3,(H,18,19)/b13-8+. The minimum atomic E-state index is -0.949. The van der Waals surface area contributed by atoms with Crippen LogP contribution in [-0.4, -0.2) is 11.1 Å². The second-order valence-corrected chi connectivity index (χ2v) is 5.01. The maximum absolute atomic E-state index is 11.0. The van der Waals surface area contributed by atoms with Crippen molar-refractivity contribution in [3.63, 3.8) is 0 Å². The summed E-state index contributed by atoms with van der Waals surface area (Å²) in [5.74, 6) is -0.949. The van der Waals surface area contributed by atoms with Gasteiger partial charge in [0.1, 0.15) is 0 Å². The summed E-state index contributed by atoms with van der Waals surface area (Å²) in [4.78, 5) is 11.0. The van der Waals surface area contributed by atoms with Crippen LogP contribution in [0.25, 0.3) is 16.7 Å². The molecule has 1 aliphatic carbocycles. The van der Waals surface area contributed by atoms with E-state index < -0.39 is 5.97 Å². The van der Waals surface area contributed by atoms with Gasteiger partial charge >= 0.3 is 5.97 Å². The van der Waals surface area contributed by atoms with E-state index in [0.717, 1.165) is 33.4 Å². The zero-order valence-electron chi connectivity index (χ0n) is 10.3. The number of carbonyl (C=O) groups is 1. The lowest BCUT2D eigenvalue weighted by atomic mass is 10.0. The lowest BCUT2D eigenvalue weighted by molar-refractivity contribution is -0.131. The average Bonchev–Trinajstić information content (AvgIpc) is 2.64. The zero-order valence-corrected chi connectivity index (χ0v) is 11.0. The molecule has 0 heterocycles. The number of rotatable bonds is 1. The molecule has 0 unspecified atom stereocenters. The Morgan fingerprint density at radius 2 is 1.95 bits per heavy atom. The molecule has 0 bridgehead atoms. The van der Waals surface area contributed by atoms with Gasteiger partial charge in [-0.3, -0.25) is 0 Å². The molecule has 94 valence electrons. The maximum atomic E-state index is 11.0. The highest BCUT2D eigenvalue weighted by Gasteiger charge is 2.25. The molecule has 0 saturated heterocycles. The van der Waals surface area contributed by atoms with Crippen LogP contribution >= 0.6 is 11.6 Å². The summed E-state index contributed by atoms with van der Waals surface area (Å²) in [6.07, 6.45) is 1.25. The van der Waals surface area contributed by atoms with Crippen LogP contribution in [0.15, 0.2) is 42.5 Å². The van der Waals surface area contributed by atoms with Crippen molar-refractivity contribution in [3.05, 3.63) is 64.2 Å². The van der Waals surface area contributed by atoms with E-state index in [0.29, 0.717) is 5.02 Å². The Morgan fingerprint density at radius 3 is 2.68 bits per heavy atom. The van der Waals surface area contributed by atoms with Crippen LogP contribution in [0.1, 0.15) is 16.7 Å². The monoisotopic (exact) mass is 270 g/mol. The Bertz CT molecular complexity index is 730. The van der Waals surface area contributed by atoms with Gasteiger partial charge in [0.2, 0.25) is 0 Å². The van der Waals surface area contributed by atoms with Crippen LogP contribution < -0.4 is 0 Å². The fourth-order valence-electron chi connectivity index (χ4n) is 2.55. The number of carboxylic acid groups (broad SMARTS) is 1. The predicted octanol–water partition coefficient (Wildman–Crippen LogP) is 4.15. The predicted molar refractivity (Wildman–Crippen MR) is 76.3 cm³/mol. The molecule has 0 saturated carbocycles. The Labute approximate surface area is 116 Å². The Hall–Kier alpha value is -2.06. The lowest BCUT2D eigenvalue weighted by Gasteiger charge is -2.02. The molecule has 3 rings (SSSR count). The van der Waals surface area contributed by atoms with Crippen molar-refractivity contribution >= 4 is 23.1 Å². The normalized spacial score (nSPS) is 14.3. The molecule has 0 amide bonds. The molecule has 2 nitrogen and oxygen atoms in total. The summed E-state index contributed by atoms with van der Waals surface area (Å²) in [5, 5.41) is 9.70. The van der Waals surface area contributed by atoms with E-state index in [1.165, 1.54) is 6.08 Å². The Morgan fingerprint density at radius 1 is 1.16 bits per heavy atom. The molecule has 0 atom stereocenters. The fraction of sp³-hybridized carbons (Fsp3) is 0.0625. The van der Waals surface area contributed by atoms with Gasteiger partial charge in [-0.05, 0) is 35.3 Å². The highest BCUT2D eigenvalue weighted by Crippen LogP contribution is 2.47. The van der Waals surface area contributed by atoms with Crippen LogP contribution in [0.4, 0.5) is 0 Å². The van der Waals surface area contributed by atoms with E-state index in [-0.39, 0.29) is 0 Å². The third kappa shape index (κ3) is 1.85. The van der Waals surface area contributed by atoms with Gasteiger partial charge in [0.15, 0.2) is 0 Å². The van der Waals surface area contributed by atoms with E-state index in [9.17, 15) is 4.79 Å². The molecule has 0 spiro atoms. The number of hydrogen-bond donors (Lipinski definition) is 1. The number of halogens is 1. The third-order valence-corrected chi connectivity index (χ3v) is 3.62. The van der Waals surface area contributed by atoms with Crippen molar-refractivity contribution < 1.29 is 9.90 Å². The summed E-state index contributed by atoms with van der Waals surface area (Å²) in [7, 11) is 0. The van der Waals surface area contributed by atoms with E-state index >= 15 is 0 Å². The highest BCUT2D eigenvalue weighted by atomic mass is 35.5. The van der Waals surface area contributed by atoms with E-state index in [1.54, 1.807) is 0 Å². The molecule has 0 fully saturated rings. The molecule has 0 aliphatic heterocycles. The first-order chi connectivity index (χ1) is 9.08. The third-order valence-electron chi connectivity index (χ3n) is 3.31. The average molecular weight is 271 g/mol. The molecular formula is C16H11ClO2. The van der Waals surface area contributed by atoms with E-state index in [1.807, 2.05) is 43.3 Å². The SMILES string of the molecule is Cc1ccc2c(c1)/C(=C/C(=O)O)c1cccc(Cl)c1-2. The van der Waals surface area contributed by atoms with E-state index in [4.69, 9.17) is 16.7 Å². The zero-order chi connectivity index (χ0) is 13.6. The van der Waals surface area contributed by atoms with Crippen molar-refractivity contribution in [1.29, 1.82) is 0 Å². The second kappa shape index (κ2) is 4.25. The number of hydrogen-bond acceptors (Lipinski definition) is 1. The van der Waals surface area contributed by atoms with Crippen molar-refractivity contribution in [3.8, 4) is 11.1 Å². The van der Waals surface area contributed by atoms with Crippen LogP contribution in [0.5, 0.6) is 0 Å².